The Morgan fingerprint density at radius 3 is 2.30 bits per heavy atom. The molecule has 1 atom stereocenters. The Bertz CT molecular complexity index is 1570. The highest BCUT2D eigenvalue weighted by Crippen LogP contribution is 2.31. The maximum atomic E-state index is 13.0. The van der Waals surface area contributed by atoms with E-state index in [0.717, 1.165) is 11.1 Å². The lowest BCUT2D eigenvalue weighted by Gasteiger charge is -2.17. The summed E-state index contributed by atoms with van der Waals surface area (Å²) in [5.74, 6) is 0.0542. The lowest BCUT2D eigenvalue weighted by Crippen LogP contribution is -2.42. The van der Waals surface area contributed by atoms with Crippen LogP contribution in [0.5, 0.6) is 11.5 Å². The molecule has 4 aromatic rings. The smallest absolute Gasteiger partial charge is 0.336 e. The minimum atomic E-state index is -3.94. The van der Waals surface area contributed by atoms with Gasteiger partial charge >= 0.3 is 11.6 Å². The van der Waals surface area contributed by atoms with Crippen LogP contribution in [-0.4, -0.2) is 27.5 Å². The zero-order valence-corrected chi connectivity index (χ0v) is 21.5. The Morgan fingerprint density at radius 1 is 0.973 bits per heavy atom. The van der Waals surface area contributed by atoms with Gasteiger partial charge in [-0.15, -0.1) is 0 Å². The second kappa shape index (κ2) is 11.0. The number of carbonyl (C=O) groups excluding carboxylic acids is 1. The maximum absolute atomic E-state index is 13.0. The third-order valence-corrected chi connectivity index (χ3v) is 7.31. The number of rotatable bonds is 9. The average molecular weight is 522 g/mol. The zero-order valence-electron chi connectivity index (χ0n) is 20.7. The molecule has 0 bridgehead atoms. The van der Waals surface area contributed by atoms with Crippen molar-refractivity contribution in [1.29, 1.82) is 0 Å². The highest BCUT2D eigenvalue weighted by molar-refractivity contribution is 7.89. The summed E-state index contributed by atoms with van der Waals surface area (Å²) < 4.78 is 44.2. The van der Waals surface area contributed by atoms with Gasteiger partial charge in [-0.05, 0) is 60.9 Å². The van der Waals surface area contributed by atoms with E-state index in [1.165, 1.54) is 24.3 Å². The Labute approximate surface area is 214 Å². The largest absolute Gasteiger partial charge is 0.497 e. The van der Waals surface area contributed by atoms with E-state index in [4.69, 9.17) is 13.9 Å². The van der Waals surface area contributed by atoms with E-state index in [1.54, 1.807) is 43.5 Å². The molecule has 192 valence electrons. The molecule has 0 aliphatic heterocycles. The van der Waals surface area contributed by atoms with Crippen molar-refractivity contribution >= 4 is 27.0 Å². The Kier molecular flexibility index (Phi) is 7.75. The van der Waals surface area contributed by atoms with Gasteiger partial charge in [0.1, 0.15) is 23.1 Å². The number of carbonyl (C=O) groups is 1. The summed E-state index contributed by atoms with van der Waals surface area (Å²) in [5, 5.41) is 0.648. The predicted molar refractivity (Wildman–Crippen MR) is 140 cm³/mol. The number of aryl methyl sites for hydroxylation is 1. The van der Waals surface area contributed by atoms with E-state index in [-0.39, 0.29) is 22.6 Å². The third-order valence-electron chi connectivity index (χ3n) is 5.83. The molecule has 1 unspecified atom stereocenters. The summed E-state index contributed by atoms with van der Waals surface area (Å²) >= 11 is 0. The lowest BCUT2D eigenvalue weighted by atomic mass is 10.0. The molecule has 0 fully saturated rings. The highest BCUT2D eigenvalue weighted by atomic mass is 32.2. The molecule has 0 spiro atoms. The quantitative estimate of drug-likeness (QED) is 0.191. The molecule has 0 saturated heterocycles. The number of methoxy groups -OCH3 is 1. The highest BCUT2D eigenvalue weighted by Gasteiger charge is 2.27. The van der Waals surface area contributed by atoms with Gasteiger partial charge in [-0.3, -0.25) is 0 Å². The molecule has 3 aromatic carbocycles. The van der Waals surface area contributed by atoms with Crippen LogP contribution in [-0.2, 0) is 14.8 Å². The van der Waals surface area contributed by atoms with Crippen LogP contribution in [0.2, 0.25) is 0 Å². The predicted octanol–water partition coefficient (Wildman–Crippen LogP) is 4.83. The van der Waals surface area contributed by atoms with Crippen LogP contribution in [0.15, 0.2) is 86.9 Å². The summed E-state index contributed by atoms with van der Waals surface area (Å²) in [6.07, 6.45) is 0.794. The first-order valence-corrected chi connectivity index (χ1v) is 13.2. The molecular weight excluding hydrogens is 494 g/mol. The van der Waals surface area contributed by atoms with Crippen LogP contribution < -0.4 is 19.8 Å². The van der Waals surface area contributed by atoms with Crippen LogP contribution in [0, 0.1) is 6.92 Å². The molecule has 37 heavy (non-hydrogen) atoms. The van der Waals surface area contributed by atoms with E-state index in [1.807, 2.05) is 26.0 Å². The fourth-order valence-electron chi connectivity index (χ4n) is 3.89. The van der Waals surface area contributed by atoms with Crippen molar-refractivity contribution in [3.8, 4) is 22.6 Å². The summed E-state index contributed by atoms with van der Waals surface area (Å²) in [4.78, 5) is 25.3. The third kappa shape index (κ3) is 6.07. The minimum Gasteiger partial charge on any atom is -0.497 e. The van der Waals surface area contributed by atoms with E-state index >= 15 is 0 Å². The standard InChI is InChI=1S/C28H27NO7S/c1-4-5-25(29-37(32,33)22-13-6-18(2)7-14-22)28(31)35-21-12-15-23-24(17-27(30)36-26(23)16-21)19-8-10-20(34-3)11-9-19/h6-17,25,29H,4-5H2,1-3H3. The van der Waals surface area contributed by atoms with Crippen molar-refractivity contribution in [3.63, 3.8) is 0 Å². The molecule has 4 rings (SSSR count). The molecule has 0 aliphatic carbocycles. The zero-order chi connectivity index (χ0) is 26.6. The maximum Gasteiger partial charge on any atom is 0.336 e. The molecule has 9 heteroatoms. The monoisotopic (exact) mass is 521 g/mol. The van der Waals surface area contributed by atoms with E-state index in [0.29, 0.717) is 23.1 Å². The molecule has 1 aromatic heterocycles. The fraction of sp³-hybridized carbons (Fsp3) is 0.214. The second-order valence-corrected chi connectivity index (χ2v) is 10.3. The Hall–Kier alpha value is -3.95. The molecule has 8 nitrogen and oxygen atoms in total. The molecule has 0 radical (unpaired) electrons. The van der Waals surface area contributed by atoms with Crippen LogP contribution in [0.1, 0.15) is 25.3 Å². The normalized spacial score (nSPS) is 12.3. The molecule has 0 aliphatic rings. The molecule has 1 N–H and O–H groups in total. The summed E-state index contributed by atoms with van der Waals surface area (Å²) in [6, 6.07) is 18.6. The van der Waals surface area contributed by atoms with Gasteiger partial charge in [0, 0.05) is 17.5 Å². The van der Waals surface area contributed by atoms with Crippen molar-refractivity contribution in [2.45, 2.75) is 37.6 Å². The van der Waals surface area contributed by atoms with Gasteiger partial charge in [-0.1, -0.05) is 43.2 Å². The number of hydrogen-bond donors (Lipinski definition) is 1. The van der Waals surface area contributed by atoms with E-state index in [9.17, 15) is 18.0 Å². The number of fused-ring (bicyclic) bond motifs is 1. The van der Waals surface area contributed by atoms with Crippen LogP contribution in [0.3, 0.4) is 0 Å². The average Bonchev–Trinajstić information content (AvgIpc) is 2.88. The molecule has 0 saturated carbocycles. The fourth-order valence-corrected chi connectivity index (χ4v) is 5.11. The number of esters is 1. The van der Waals surface area contributed by atoms with Crippen LogP contribution in [0.4, 0.5) is 0 Å². The van der Waals surface area contributed by atoms with Gasteiger partial charge in [0.15, 0.2) is 0 Å². The van der Waals surface area contributed by atoms with E-state index < -0.39 is 27.7 Å². The van der Waals surface area contributed by atoms with Crippen molar-refractivity contribution < 1.29 is 27.1 Å². The number of nitrogens with one attached hydrogen (secondary N) is 1. The number of sulfonamides is 1. The number of ether oxygens (including phenoxy) is 2. The SMILES string of the molecule is CCCC(NS(=O)(=O)c1ccc(C)cc1)C(=O)Oc1ccc2c(-c3ccc(OC)cc3)cc(=O)oc2c1. The Balaban J connectivity index is 1.59. The first-order chi connectivity index (χ1) is 17.7. The van der Waals surface area contributed by atoms with Crippen molar-refractivity contribution in [2.24, 2.45) is 0 Å². The van der Waals surface area contributed by atoms with Gasteiger partial charge in [-0.2, -0.15) is 4.72 Å². The van der Waals surface area contributed by atoms with Gasteiger partial charge < -0.3 is 13.9 Å². The van der Waals surface area contributed by atoms with Crippen LogP contribution in [0.25, 0.3) is 22.1 Å². The topological polar surface area (TPSA) is 112 Å². The second-order valence-electron chi connectivity index (χ2n) is 8.56. The number of hydrogen-bond acceptors (Lipinski definition) is 7. The van der Waals surface area contributed by atoms with E-state index in [2.05, 4.69) is 4.72 Å². The molecular formula is C28H27NO7S. The minimum absolute atomic E-state index is 0.0607. The molecule has 0 amide bonds. The lowest BCUT2D eigenvalue weighted by molar-refractivity contribution is -0.136. The summed E-state index contributed by atoms with van der Waals surface area (Å²) in [6.45, 7) is 3.69. The van der Waals surface area contributed by atoms with Gasteiger partial charge in [-0.25, -0.2) is 18.0 Å². The van der Waals surface area contributed by atoms with Crippen molar-refractivity contribution in [2.75, 3.05) is 7.11 Å². The number of benzene rings is 3. The van der Waals surface area contributed by atoms with Crippen LogP contribution >= 0.6 is 0 Å². The van der Waals surface area contributed by atoms with Crippen molar-refractivity contribution in [3.05, 3.63) is 88.8 Å². The Morgan fingerprint density at radius 2 is 1.65 bits per heavy atom. The first-order valence-electron chi connectivity index (χ1n) is 11.7. The summed E-state index contributed by atoms with van der Waals surface area (Å²) in [5.41, 5.74) is 2.03. The van der Waals surface area contributed by atoms with Gasteiger partial charge in [0.05, 0.1) is 12.0 Å². The van der Waals surface area contributed by atoms with Gasteiger partial charge in [0.25, 0.3) is 0 Å². The first kappa shape index (κ1) is 26.1. The van der Waals surface area contributed by atoms with Gasteiger partial charge in [0.2, 0.25) is 10.0 Å². The molecule has 1 heterocycles. The summed E-state index contributed by atoms with van der Waals surface area (Å²) in [7, 11) is -2.36. The van der Waals surface area contributed by atoms with Crippen molar-refractivity contribution in [1.82, 2.24) is 4.72 Å².